The zero-order valence-electron chi connectivity index (χ0n) is 12.7. The summed E-state index contributed by atoms with van der Waals surface area (Å²) in [5.41, 5.74) is 7.58. The Bertz CT molecular complexity index is 721. The van der Waals surface area contributed by atoms with E-state index < -0.39 is 5.91 Å². The number of benzene rings is 1. The van der Waals surface area contributed by atoms with Gasteiger partial charge >= 0.3 is 0 Å². The monoisotopic (exact) mass is 312 g/mol. The van der Waals surface area contributed by atoms with E-state index in [2.05, 4.69) is 15.3 Å². The van der Waals surface area contributed by atoms with E-state index in [0.29, 0.717) is 12.2 Å². The summed E-state index contributed by atoms with van der Waals surface area (Å²) in [4.78, 5) is 19.7. The van der Waals surface area contributed by atoms with E-state index in [9.17, 15) is 9.18 Å². The number of nitrogens with two attached hydrogens (primary N) is 1. The first kappa shape index (κ1) is 16.4. The first-order chi connectivity index (χ1) is 11.1. The average Bonchev–Trinajstić information content (AvgIpc) is 2.56. The molecule has 0 saturated carbocycles. The quantitative estimate of drug-likeness (QED) is 0.656. The van der Waals surface area contributed by atoms with Crippen LogP contribution in [0.1, 0.15) is 11.1 Å². The smallest absolute Gasteiger partial charge is 0.272 e. The standard InChI is InChI=1S/C17H17FN4O/c1-20-9-8-15(19)17(23)22-16-7-4-13(11-21-16)10-12-2-5-14(18)6-3-12/h2-9,11H,10,19H2,1H3,(H,21,22,23)/b15-8-,20-9?. The molecule has 0 bridgehead atoms. The van der Waals surface area contributed by atoms with E-state index in [1.807, 2.05) is 6.07 Å². The SMILES string of the molecule is CN=C/C=C(\N)C(=O)Nc1ccc(Cc2ccc(F)cc2)cn1. The number of rotatable bonds is 5. The van der Waals surface area contributed by atoms with Crippen molar-refractivity contribution in [2.45, 2.75) is 6.42 Å². The highest BCUT2D eigenvalue weighted by atomic mass is 19.1. The second kappa shape index (κ2) is 7.84. The van der Waals surface area contributed by atoms with Crippen LogP contribution in [0.4, 0.5) is 10.2 Å². The molecular formula is C17H17FN4O. The fraction of sp³-hybridized carbons (Fsp3) is 0.118. The summed E-state index contributed by atoms with van der Waals surface area (Å²) in [6.07, 6.45) is 5.15. The molecule has 1 aromatic carbocycles. The molecule has 0 fully saturated rings. The Hall–Kier alpha value is -3.02. The molecule has 0 unspecified atom stereocenters. The largest absolute Gasteiger partial charge is 0.394 e. The Balaban J connectivity index is 1.99. The van der Waals surface area contributed by atoms with E-state index in [1.165, 1.54) is 24.4 Å². The second-order valence-electron chi connectivity index (χ2n) is 4.84. The van der Waals surface area contributed by atoms with Crippen LogP contribution in [-0.2, 0) is 11.2 Å². The number of amides is 1. The van der Waals surface area contributed by atoms with Crippen molar-refractivity contribution in [1.29, 1.82) is 0 Å². The summed E-state index contributed by atoms with van der Waals surface area (Å²) in [6.45, 7) is 0. The van der Waals surface area contributed by atoms with Crippen LogP contribution < -0.4 is 11.1 Å². The van der Waals surface area contributed by atoms with Crippen LogP contribution >= 0.6 is 0 Å². The van der Waals surface area contributed by atoms with Crippen LogP contribution in [0.2, 0.25) is 0 Å². The molecule has 0 radical (unpaired) electrons. The third-order valence-electron chi connectivity index (χ3n) is 3.05. The highest BCUT2D eigenvalue weighted by Crippen LogP contribution is 2.12. The van der Waals surface area contributed by atoms with E-state index in [0.717, 1.165) is 11.1 Å². The summed E-state index contributed by atoms with van der Waals surface area (Å²) in [5, 5.41) is 2.59. The number of carbonyl (C=O) groups excluding carboxylic acids is 1. The molecule has 0 spiro atoms. The Morgan fingerprint density at radius 3 is 2.57 bits per heavy atom. The van der Waals surface area contributed by atoms with Gasteiger partial charge in [0.1, 0.15) is 11.6 Å². The van der Waals surface area contributed by atoms with Gasteiger partial charge < -0.3 is 11.1 Å². The lowest BCUT2D eigenvalue weighted by Crippen LogP contribution is -2.20. The van der Waals surface area contributed by atoms with Crippen LogP contribution in [0.15, 0.2) is 59.4 Å². The predicted molar refractivity (Wildman–Crippen MR) is 88.8 cm³/mol. The lowest BCUT2D eigenvalue weighted by molar-refractivity contribution is -0.112. The topological polar surface area (TPSA) is 80.4 Å². The zero-order valence-corrected chi connectivity index (χ0v) is 12.7. The molecule has 23 heavy (non-hydrogen) atoms. The van der Waals surface area contributed by atoms with E-state index in [1.54, 1.807) is 31.4 Å². The number of nitrogens with zero attached hydrogens (tertiary/aromatic N) is 2. The summed E-state index contributed by atoms with van der Waals surface area (Å²) in [6, 6.07) is 9.84. The van der Waals surface area contributed by atoms with Gasteiger partial charge in [0.25, 0.3) is 5.91 Å². The van der Waals surface area contributed by atoms with Crippen LogP contribution in [0.3, 0.4) is 0 Å². The molecule has 2 rings (SSSR count). The summed E-state index contributed by atoms with van der Waals surface area (Å²) < 4.78 is 12.9. The summed E-state index contributed by atoms with van der Waals surface area (Å²) >= 11 is 0. The average molecular weight is 312 g/mol. The minimum Gasteiger partial charge on any atom is -0.394 e. The first-order valence-electron chi connectivity index (χ1n) is 6.97. The Kier molecular flexibility index (Phi) is 5.57. The van der Waals surface area contributed by atoms with E-state index >= 15 is 0 Å². The first-order valence-corrected chi connectivity index (χ1v) is 6.97. The number of pyridine rings is 1. The minimum absolute atomic E-state index is 0.0489. The van der Waals surface area contributed by atoms with Crippen molar-refractivity contribution in [3.8, 4) is 0 Å². The lowest BCUT2D eigenvalue weighted by Gasteiger charge is -2.06. The Morgan fingerprint density at radius 2 is 1.96 bits per heavy atom. The number of aliphatic imine (C=N–C) groups is 1. The molecule has 2 aromatic rings. The van der Waals surface area contributed by atoms with Gasteiger partial charge in [0.05, 0.1) is 5.70 Å². The maximum Gasteiger partial charge on any atom is 0.272 e. The summed E-state index contributed by atoms with van der Waals surface area (Å²) in [7, 11) is 1.59. The Labute approximate surface area is 133 Å². The number of hydrogen-bond donors (Lipinski definition) is 2. The maximum absolute atomic E-state index is 12.9. The van der Waals surface area contributed by atoms with Crippen molar-refractivity contribution in [1.82, 2.24) is 4.98 Å². The van der Waals surface area contributed by atoms with Gasteiger partial charge in [-0.05, 0) is 41.8 Å². The van der Waals surface area contributed by atoms with Crippen molar-refractivity contribution < 1.29 is 9.18 Å². The Morgan fingerprint density at radius 1 is 1.26 bits per heavy atom. The molecule has 5 nitrogen and oxygen atoms in total. The van der Waals surface area contributed by atoms with Crippen molar-refractivity contribution in [2.75, 3.05) is 12.4 Å². The molecule has 0 aliphatic heterocycles. The number of nitrogens with one attached hydrogen (secondary N) is 1. The number of aromatic nitrogens is 1. The van der Waals surface area contributed by atoms with Gasteiger partial charge in [-0.15, -0.1) is 0 Å². The van der Waals surface area contributed by atoms with Crippen molar-refractivity contribution in [3.63, 3.8) is 0 Å². The van der Waals surface area contributed by atoms with Gasteiger partial charge in [-0.1, -0.05) is 18.2 Å². The second-order valence-corrected chi connectivity index (χ2v) is 4.84. The molecule has 6 heteroatoms. The normalized spacial score (nSPS) is 11.7. The number of hydrogen-bond acceptors (Lipinski definition) is 4. The van der Waals surface area contributed by atoms with Crippen LogP contribution in [0, 0.1) is 5.82 Å². The molecule has 3 N–H and O–H groups in total. The fourth-order valence-corrected chi connectivity index (χ4v) is 1.86. The fourth-order valence-electron chi connectivity index (χ4n) is 1.86. The highest BCUT2D eigenvalue weighted by molar-refractivity contribution is 6.04. The molecule has 0 aliphatic rings. The van der Waals surface area contributed by atoms with Gasteiger partial charge in [-0.25, -0.2) is 9.37 Å². The van der Waals surface area contributed by atoms with Gasteiger partial charge in [0, 0.05) is 19.5 Å². The van der Waals surface area contributed by atoms with Crippen LogP contribution in [-0.4, -0.2) is 24.2 Å². The lowest BCUT2D eigenvalue weighted by atomic mass is 10.1. The van der Waals surface area contributed by atoms with Gasteiger partial charge in [-0.3, -0.25) is 9.79 Å². The molecule has 1 aromatic heterocycles. The zero-order chi connectivity index (χ0) is 16.7. The summed E-state index contributed by atoms with van der Waals surface area (Å²) in [5.74, 6) is -0.296. The molecule has 0 saturated heterocycles. The van der Waals surface area contributed by atoms with Crippen molar-refractivity contribution >= 4 is 17.9 Å². The van der Waals surface area contributed by atoms with E-state index in [-0.39, 0.29) is 11.5 Å². The molecular weight excluding hydrogens is 295 g/mol. The van der Waals surface area contributed by atoms with Crippen LogP contribution in [0.25, 0.3) is 0 Å². The van der Waals surface area contributed by atoms with Crippen LogP contribution in [0.5, 0.6) is 0 Å². The third-order valence-corrected chi connectivity index (χ3v) is 3.05. The van der Waals surface area contributed by atoms with Gasteiger partial charge in [0.2, 0.25) is 0 Å². The number of allylic oxidation sites excluding steroid dienone is 1. The maximum atomic E-state index is 12.9. The molecule has 0 atom stereocenters. The minimum atomic E-state index is -0.441. The number of anilines is 1. The van der Waals surface area contributed by atoms with Gasteiger partial charge in [-0.2, -0.15) is 0 Å². The van der Waals surface area contributed by atoms with Crippen molar-refractivity contribution in [3.05, 3.63) is 71.3 Å². The van der Waals surface area contributed by atoms with E-state index in [4.69, 9.17) is 5.73 Å². The third kappa shape index (κ3) is 5.03. The molecule has 1 heterocycles. The number of halogens is 1. The van der Waals surface area contributed by atoms with Gasteiger partial charge in [0.15, 0.2) is 0 Å². The highest BCUT2D eigenvalue weighted by Gasteiger charge is 2.06. The molecule has 1 amide bonds. The van der Waals surface area contributed by atoms with Crippen molar-refractivity contribution in [2.24, 2.45) is 10.7 Å². The molecule has 118 valence electrons. The molecule has 0 aliphatic carbocycles. The predicted octanol–water partition coefficient (Wildman–Crippen LogP) is 2.29. The number of carbonyl (C=O) groups is 1.